The molecule has 2 heterocycles. The molecule has 10 fully saturated rings. The van der Waals surface area contributed by atoms with Crippen LogP contribution in [0.3, 0.4) is 0 Å². The van der Waals surface area contributed by atoms with E-state index in [1.54, 1.807) is 82.6 Å². The van der Waals surface area contributed by atoms with E-state index in [-0.39, 0.29) is 30.1 Å². The minimum absolute atomic E-state index is 0. The second-order valence-electron chi connectivity index (χ2n) is 18.3. The summed E-state index contributed by atoms with van der Waals surface area (Å²) < 4.78 is 0. The maximum absolute atomic E-state index is 3.85. The Bertz CT molecular complexity index is 1150. The van der Waals surface area contributed by atoms with Crippen LogP contribution in [0.25, 0.3) is 0 Å². The van der Waals surface area contributed by atoms with Crippen LogP contribution in [0.5, 0.6) is 0 Å². The van der Waals surface area contributed by atoms with E-state index < -0.39 is 0 Å². The van der Waals surface area contributed by atoms with Crippen LogP contribution < -0.4 is 10.6 Å². The number of hydrogen-bond acceptors (Lipinski definition) is 2. The molecule has 0 aromatic heterocycles. The maximum atomic E-state index is 3.85. The Morgan fingerprint density at radius 1 is 0.702 bits per heavy atom. The van der Waals surface area contributed by atoms with E-state index in [0.29, 0.717) is 0 Å². The zero-order valence-electron chi connectivity index (χ0n) is 29.0. The second-order valence-corrected chi connectivity index (χ2v) is 22.3. The van der Waals surface area contributed by atoms with E-state index in [0.717, 1.165) is 57.7 Å². The van der Waals surface area contributed by atoms with Crippen molar-refractivity contribution in [3.05, 3.63) is 59.7 Å². The predicted molar refractivity (Wildman–Crippen MR) is 199 cm³/mol. The fraction of sp³-hybridized carbons (Fsp3) is 0.762. The summed E-state index contributed by atoms with van der Waals surface area (Å²) in [5.41, 5.74) is 3.61. The molecule has 8 aliphatic carbocycles. The molecule has 3 atom stereocenters. The van der Waals surface area contributed by atoms with Crippen LogP contribution in [-0.2, 0) is 28.4 Å². The first-order valence-corrected chi connectivity index (χ1v) is 22.0. The Balaban J connectivity index is 0.000000497. The summed E-state index contributed by atoms with van der Waals surface area (Å²) in [6.45, 7) is 4.86. The summed E-state index contributed by atoms with van der Waals surface area (Å²) in [4.78, 5) is 0. The van der Waals surface area contributed by atoms with E-state index in [1.807, 2.05) is 35.9 Å². The van der Waals surface area contributed by atoms with Crippen molar-refractivity contribution in [2.24, 2.45) is 47.3 Å². The molecule has 2 aromatic rings. The van der Waals surface area contributed by atoms with E-state index in [9.17, 15) is 0 Å². The first-order chi connectivity index (χ1) is 22.5. The van der Waals surface area contributed by atoms with Crippen LogP contribution in [-0.4, -0.2) is 36.5 Å². The number of rotatable bonds is 7. The van der Waals surface area contributed by atoms with Crippen LogP contribution >= 0.6 is 17.2 Å². The van der Waals surface area contributed by atoms with Gasteiger partial charge in [-0.2, -0.15) is 41.5 Å². The van der Waals surface area contributed by atoms with Gasteiger partial charge in [0.1, 0.15) is 0 Å². The Morgan fingerprint density at radius 3 is 1.51 bits per heavy atom. The van der Waals surface area contributed by atoms with Gasteiger partial charge in [-0.15, -0.1) is 17.2 Å². The predicted octanol–water partition coefficient (Wildman–Crippen LogP) is 9.80. The molecule has 5 heteroatoms. The van der Waals surface area contributed by atoms with Gasteiger partial charge in [0.2, 0.25) is 0 Å². The monoisotopic (exact) mass is 712 g/mol. The quantitative estimate of drug-likeness (QED) is 0.170. The molecule has 47 heavy (non-hydrogen) atoms. The molecule has 258 valence electrons. The molecule has 12 rings (SSSR count). The minimum atomic E-state index is 0. The fourth-order valence-corrected chi connectivity index (χ4v) is 20.4. The van der Waals surface area contributed by atoms with Gasteiger partial charge in [0.25, 0.3) is 0 Å². The Hall–Kier alpha value is -0.000519. The molecule has 2 N–H and O–H groups in total. The number of piperidine rings is 2. The molecule has 2 saturated heterocycles. The topological polar surface area (TPSA) is 24.1 Å². The summed E-state index contributed by atoms with van der Waals surface area (Å²) in [7, 11) is 3.61. The molecule has 0 amide bonds. The van der Waals surface area contributed by atoms with E-state index in [2.05, 4.69) is 38.1 Å². The molecule has 10 aliphatic rings. The molecule has 8 bridgehead atoms. The van der Waals surface area contributed by atoms with Crippen LogP contribution in [0.2, 0.25) is 0 Å². The first kappa shape index (κ1) is 34.1. The second kappa shape index (κ2) is 13.9. The van der Waals surface area contributed by atoms with Crippen molar-refractivity contribution >= 4 is 17.2 Å². The smallest absolute Gasteiger partial charge is 0.316 e. The minimum Gasteiger partial charge on any atom is -0.316 e. The molecule has 0 radical (unpaired) electrons. The first-order valence-electron chi connectivity index (χ1n) is 19.9. The zero-order chi connectivity index (χ0) is 30.8. The Kier molecular flexibility index (Phi) is 10.1. The van der Waals surface area contributed by atoms with E-state index in [1.165, 1.54) is 58.0 Å². The summed E-state index contributed by atoms with van der Waals surface area (Å²) in [6.07, 6.45) is 26.4. The van der Waals surface area contributed by atoms with Crippen LogP contribution in [0.4, 0.5) is 0 Å². The fourth-order valence-electron chi connectivity index (χ4n) is 14.4. The Labute approximate surface area is 301 Å². The van der Waals surface area contributed by atoms with Crippen molar-refractivity contribution in [2.75, 3.05) is 26.2 Å². The third kappa shape index (κ3) is 6.29. The van der Waals surface area contributed by atoms with Crippen molar-refractivity contribution in [3.63, 3.8) is 0 Å². The number of hydrogen-bond donors (Lipinski definition) is 2. The molecular weight excluding hydrogens is 650 g/mol. The summed E-state index contributed by atoms with van der Waals surface area (Å²) in [5.74, 6) is 8.01. The maximum Gasteiger partial charge on any atom is 2.00 e. The molecular formula is C42H62FeN2P2. The third-order valence-corrected chi connectivity index (χ3v) is 20.7. The van der Waals surface area contributed by atoms with Gasteiger partial charge in [-0.05, 0) is 192 Å². The van der Waals surface area contributed by atoms with Gasteiger partial charge in [0, 0.05) is 0 Å². The Morgan fingerprint density at radius 2 is 1.15 bits per heavy atom. The van der Waals surface area contributed by atoms with Crippen molar-refractivity contribution in [1.82, 2.24) is 10.6 Å². The third-order valence-electron chi connectivity index (χ3n) is 15.4. The molecule has 2 aliphatic heterocycles. The van der Waals surface area contributed by atoms with Gasteiger partial charge in [-0.3, -0.25) is 0 Å². The average Bonchev–Trinajstić information content (AvgIpc) is 3.79. The van der Waals surface area contributed by atoms with Gasteiger partial charge >= 0.3 is 17.1 Å². The van der Waals surface area contributed by atoms with Crippen LogP contribution in [0.1, 0.15) is 114 Å². The van der Waals surface area contributed by atoms with Crippen LogP contribution in [0, 0.1) is 47.3 Å². The van der Waals surface area contributed by atoms with Crippen molar-refractivity contribution < 1.29 is 17.1 Å². The molecule has 2 aromatic carbocycles. The van der Waals surface area contributed by atoms with Gasteiger partial charge in [-0.25, -0.2) is 18.2 Å². The molecule has 2 nitrogen and oxygen atoms in total. The standard InChI is InChI=1S/C37H57N2P2.C5H5.Fe/c40-37(32-5-2-8-38-22-32,33-6-3-9-39-23-33)34-7-1-4-31(34)24-41(35-16-25-10-26(17-35)12-27(11-25)18-35)36-19-28-13-29(20-36)15-30(14-28)21-36;1-2-4-5-3-1;/h1,4,7,25-30,32-33,38-39H,2-3,5-6,8-24,40H2;1-5H;/q2*-1;+2. The van der Waals surface area contributed by atoms with Gasteiger partial charge in [0.05, 0.1) is 0 Å². The molecule has 3 unspecified atom stereocenters. The van der Waals surface area contributed by atoms with E-state index >= 15 is 0 Å². The van der Waals surface area contributed by atoms with Gasteiger partial charge in [-0.1, -0.05) is 6.16 Å². The average molecular weight is 713 g/mol. The summed E-state index contributed by atoms with van der Waals surface area (Å²) >= 11 is 0. The molecule has 8 saturated carbocycles. The van der Waals surface area contributed by atoms with Crippen molar-refractivity contribution in [1.29, 1.82) is 0 Å². The SMILES string of the molecule is PC(c1[cH-]ccc1CP(C12CC3CC(CC(C3)C1)C2)C12CC3CC(CC(C3)C1)C2)(C1CCCNC1)C1CCCNC1.[Fe+2].c1cc[cH-]c1. The van der Waals surface area contributed by atoms with Crippen molar-refractivity contribution in [2.45, 2.75) is 124 Å². The molecule has 0 spiro atoms. The summed E-state index contributed by atoms with van der Waals surface area (Å²) in [6, 6.07) is 17.8. The summed E-state index contributed by atoms with van der Waals surface area (Å²) in [5, 5.41) is 9.38. The van der Waals surface area contributed by atoms with Crippen LogP contribution in [0.15, 0.2) is 48.5 Å². The largest absolute Gasteiger partial charge is 2.00 e. The van der Waals surface area contributed by atoms with E-state index in [4.69, 9.17) is 0 Å². The van der Waals surface area contributed by atoms with Crippen molar-refractivity contribution in [3.8, 4) is 0 Å². The zero-order valence-corrected chi connectivity index (χ0v) is 32.1. The van der Waals surface area contributed by atoms with Gasteiger partial charge < -0.3 is 10.6 Å². The normalized spacial score (nSPS) is 43.4. The van der Waals surface area contributed by atoms with Gasteiger partial charge in [0.15, 0.2) is 0 Å². The number of nitrogens with one attached hydrogen (secondary N) is 2.